The van der Waals surface area contributed by atoms with Crippen LogP contribution < -0.4 is 5.32 Å². The SMILES string of the molecule is O=C(Nc1ccc(-c2ccccn2)cc1)c1ccc[nH]1. The Kier molecular flexibility index (Phi) is 3.29. The van der Waals surface area contributed by atoms with Crippen LogP contribution in [0.3, 0.4) is 0 Å². The molecule has 3 aromatic rings. The molecule has 20 heavy (non-hydrogen) atoms. The third kappa shape index (κ3) is 2.59. The van der Waals surface area contributed by atoms with Crippen molar-refractivity contribution in [1.82, 2.24) is 9.97 Å². The first-order chi connectivity index (χ1) is 9.83. The van der Waals surface area contributed by atoms with Gasteiger partial charge in [0.25, 0.3) is 5.91 Å². The summed E-state index contributed by atoms with van der Waals surface area (Å²) in [6, 6.07) is 16.9. The maximum absolute atomic E-state index is 11.9. The number of aromatic amines is 1. The van der Waals surface area contributed by atoms with E-state index in [1.807, 2.05) is 42.5 Å². The zero-order valence-corrected chi connectivity index (χ0v) is 10.7. The number of hydrogen-bond acceptors (Lipinski definition) is 2. The average molecular weight is 263 g/mol. The predicted molar refractivity (Wildman–Crippen MR) is 78.4 cm³/mol. The van der Waals surface area contributed by atoms with E-state index in [-0.39, 0.29) is 5.91 Å². The van der Waals surface area contributed by atoms with Crippen LogP contribution in [0.25, 0.3) is 11.3 Å². The van der Waals surface area contributed by atoms with Crippen LogP contribution in [0.1, 0.15) is 10.5 Å². The molecule has 2 heterocycles. The van der Waals surface area contributed by atoms with E-state index in [0.29, 0.717) is 5.69 Å². The van der Waals surface area contributed by atoms with E-state index >= 15 is 0 Å². The average Bonchev–Trinajstić information content (AvgIpc) is 3.03. The first-order valence-corrected chi connectivity index (χ1v) is 6.29. The molecule has 0 fully saturated rings. The molecule has 0 unspecified atom stereocenters. The number of rotatable bonds is 3. The lowest BCUT2D eigenvalue weighted by atomic mass is 10.1. The maximum atomic E-state index is 11.9. The molecule has 0 atom stereocenters. The quantitative estimate of drug-likeness (QED) is 0.761. The number of pyridine rings is 1. The molecule has 1 aromatic carbocycles. The van der Waals surface area contributed by atoms with Crippen molar-refractivity contribution in [3.63, 3.8) is 0 Å². The zero-order chi connectivity index (χ0) is 13.8. The Morgan fingerprint density at radius 1 is 1.00 bits per heavy atom. The molecule has 1 amide bonds. The second kappa shape index (κ2) is 5.40. The van der Waals surface area contributed by atoms with Gasteiger partial charge < -0.3 is 10.3 Å². The summed E-state index contributed by atoms with van der Waals surface area (Å²) in [5.74, 6) is -0.152. The Bertz CT molecular complexity index is 688. The summed E-state index contributed by atoms with van der Waals surface area (Å²) in [4.78, 5) is 19.0. The smallest absolute Gasteiger partial charge is 0.272 e. The molecule has 0 aliphatic rings. The van der Waals surface area contributed by atoms with Crippen molar-refractivity contribution >= 4 is 11.6 Å². The number of aromatic nitrogens is 2. The Hall–Kier alpha value is -2.88. The highest BCUT2D eigenvalue weighted by molar-refractivity contribution is 6.03. The lowest BCUT2D eigenvalue weighted by molar-refractivity contribution is 0.102. The van der Waals surface area contributed by atoms with E-state index in [2.05, 4.69) is 15.3 Å². The number of anilines is 1. The standard InChI is InChI=1S/C16H13N3O/c20-16(15-5-3-11-18-15)19-13-8-6-12(7-9-13)14-4-1-2-10-17-14/h1-11,18H,(H,19,20). The predicted octanol–water partition coefficient (Wildman–Crippen LogP) is 3.33. The third-order valence-electron chi connectivity index (χ3n) is 2.95. The minimum absolute atomic E-state index is 0.152. The molecule has 0 saturated carbocycles. The molecular formula is C16H13N3O. The van der Waals surface area contributed by atoms with Crippen LogP contribution in [0.15, 0.2) is 67.0 Å². The topological polar surface area (TPSA) is 57.8 Å². The van der Waals surface area contributed by atoms with Crippen molar-refractivity contribution in [3.8, 4) is 11.3 Å². The first kappa shape index (κ1) is 12.2. The minimum Gasteiger partial charge on any atom is -0.357 e. The van der Waals surface area contributed by atoms with E-state index < -0.39 is 0 Å². The van der Waals surface area contributed by atoms with E-state index in [9.17, 15) is 4.79 Å². The molecule has 0 aliphatic carbocycles. The third-order valence-corrected chi connectivity index (χ3v) is 2.95. The zero-order valence-electron chi connectivity index (χ0n) is 10.7. The molecule has 2 N–H and O–H groups in total. The van der Waals surface area contributed by atoms with Gasteiger partial charge in [-0.1, -0.05) is 18.2 Å². The summed E-state index contributed by atoms with van der Waals surface area (Å²) >= 11 is 0. The second-order valence-corrected chi connectivity index (χ2v) is 4.33. The molecule has 0 spiro atoms. The summed E-state index contributed by atoms with van der Waals surface area (Å²) < 4.78 is 0. The van der Waals surface area contributed by atoms with Gasteiger partial charge in [-0.05, 0) is 36.4 Å². The molecule has 0 bridgehead atoms. The summed E-state index contributed by atoms with van der Waals surface area (Å²) in [5, 5.41) is 2.83. The molecule has 3 rings (SSSR count). The van der Waals surface area contributed by atoms with Gasteiger partial charge in [0.15, 0.2) is 0 Å². The van der Waals surface area contributed by atoms with Gasteiger partial charge in [0.05, 0.1) is 5.69 Å². The van der Waals surface area contributed by atoms with Crippen LogP contribution in [0.4, 0.5) is 5.69 Å². The monoisotopic (exact) mass is 263 g/mol. The van der Waals surface area contributed by atoms with Crippen LogP contribution in [-0.2, 0) is 0 Å². The molecule has 4 nitrogen and oxygen atoms in total. The maximum Gasteiger partial charge on any atom is 0.272 e. The largest absolute Gasteiger partial charge is 0.357 e. The second-order valence-electron chi connectivity index (χ2n) is 4.33. The van der Waals surface area contributed by atoms with Crippen LogP contribution in [-0.4, -0.2) is 15.9 Å². The van der Waals surface area contributed by atoms with Crippen LogP contribution in [0.5, 0.6) is 0 Å². The van der Waals surface area contributed by atoms with Crippen molar-refractivity contribution in [3.05, 3.63) is 72.7 Å². The minimum atomic E-state index is -0.152. The van der Waals surface area contributed by atoms with Gasteiger partial charge in [-0.25, -0.2) is 0 Å². The van der Waals surface area contributed by atoms with Gasteiger partial charge in [0.1, 0.15) is 5.69 Å². The molecule has 0 radical (unpaired) electrons. The fourth-order valence-electron chi connectivity index (χ4n) is 1.93. The van der Waals surface area contributed by atoms with Gasteiger partial charge in [0, 0.05) is 23.6 Å². The number of amides is 1. The number of benzene rings is 1. The highest BCUT2D eigenvalue weighted by Gasteiger charge is 2.06. The Balaban J connectivity index is 1.75. The van der Waals surface area contributed by atoms with Gasteiger partial charge in [-0.15, -0.1) is 0 Å². The van der Waals surface area contributed by atoms with Gasteiger partial charge in [-0.2, -0.15) is 0 Å². The lowest BCUT2D eigenvalue weighted by Gasteiger charge is -2.05. The van der Waals surface area contributed by atoms with Crippen LogP contribution in [0, 0.1) is 0 Å². The summed E-state index contributed by atoms with van der Waals surface area (Å²) in [6.07, 6.45) is 3.48. The molecule has 0 saturated heterocycles. The fraction of sp³-hybridized carbons (Fsp3) is 0. The van der Waals surface area contributed by atoms with Crippen molar-refractivity contribution in [2.24, 2.45) is 0 Å². The molecule has 4 heteroatoms. The number of nitrogens with zero attached hydrogens (tertiary/aromatic N) is 1. The molecule has 2 aromatic heterocycles. The van der Waals surface area contributed by atoms with Crippen molar-refractivity contribution in [2.45, 2.75) is 0 Å². The summed E-state index contributed by atoms with van der Waals surface area (Å²) in [6.45, 7) is 0. The Morgan fingerprint density at radius 2 is 1.85 bits per heavy atom. The first-order valence-electron chi connectivity index (χ1n) is 6.29. The Labute approximate surface area is 116 Å². The van der Waals surface area contributed by atoms with Crippen molar-refractivity contribution in [2.75, 3.05) is 5.32 Å². The van der Waals surface area contributed by atoms with Crippen LogP contribution in [0.2, 0.25) is 0 Å². The van der Waals surface area contributed by atoms with Gasteiger partial charge in [-0.3, -0.25) is 9.78 Å². The number of carbonyl (C=O) groups excluding carboxylic acids is 1. The van der Waals surface area contributed by atoms with Crippen molar-refractivity contribution in [1.29, 1.82) is 0 Å². The summed E-state index contributed by atoms with van der Waals surface area (Å²) in [7, 11) is 0. The van der Waals surface area contributed by atoms with Gasteiger partial charge in [0.2, 0.25) is 0 Å². The lowest BCUT2D eigenvalue weighted by Crippen LogP contribution is -2.11. The molecule has 0 aliphatic heterocycles. The van der Waals surface area contributed by atoms with E-state index in [4.69, 9.17) is 0 Å². The number of nitrogens with one attached hydrogen (secondary N) is 2. The molecule has 98 valence electrons. The molecular weight excluding hydrogens is 250 g/mol. The number of hydrogen-bond donors (Lipinski definition) is 2. The van der Waals surface area contributed by atoms with E-state index in [1.165, 1.54) is 0 Å². The number of carbonyl (C=O) groups is 1. The highest BCUT2D eigenvalue weighted by atomic mass is 16.1. The number of H-pyrrole nitrogens is 1. The van der Waals surface area contributed by atoms with E-state index in [1.54, 1.807) is 24.5 Å². The van der Waals surface area contributed by atoms with Gasteiger partial charge >= 0.3 is 0 Å². The van der Waals surface area contributed by atoms with Crippen LogP contribution >= 0.6 is 0 Å². The summed E-state index contributed by atoms with van der Waals surface area (Å²) in [5.41, 5.74) is 3.22. The van der Waals surface area contributed by atoms with E-state index in [0.717, 1.165) is 16.9 Å². The fourth-order valence-corrected chi connectivity index (χ4v) is 1.93. The Morgan fingerprint density at radius 3 is 2.50 bits per heavy atom. The van der Waals surface area contributed by atoms with Crippen molar-refractivity contribution < 1.29 is 4.79 Å². The normalized spacial score (nSPS) is 10.2. The highest BCUT2D eigenvalue weighted by Crippen LogP contribution is 2.19.